The molecule has 4 nitrogen and oxygen atoms in total. The fraction of sp³-hybridized carbons (Fsp3) is 0.286. The number of hydrazine groups is 1. The van der Waals surface area contributed by atoms with E-state index in [9.17, 15) is 18.0 Å². The number of nitrogens with zero attached hydrogens (tertiary/aromatic N) is 3. The number of pyridine rings is 1. The predicted octanol–water partition coefficient (Wildman–Crippen LogP) is 3.10. The van der Waals surface area contributed by atoms with Gasteiger partial charge in [-0.1, -0.05) is 18.2 Å². The molecule has 1 saturated heterocycles. The van der Waals surface area contributed by atoms with Gasteiger partial charge in [0, 0.05) is 24.5 Å². The van der Waals surface area contributed by atoms with Crippen molar-refractivity contribution in [3.8, 4) is 0 Å². The Morgan fingerprint density at radius 3 is 2.62 bits per heavy atom. The van der Waals surface area contributed by atoms with Gasteiger partial charge in [-0.15, -0.1) is 13.2 Å². The topological polar surface area (TPSA) is 36.4 Å². The summed E-state index contributed by atoms with van der Waals surface area (Å²) in [5.74, 6) is -0.520. The lowest BCUT2D eigenvalue weighted by molar-refractivity contribution is -0.167. The van der Waals surface area contributed by atoms with Crippen molar-refractivity contribution in [1.29, 1.82) is 0 Å². The van der Waals surface area contributed by atoms with E-state index in [1.165, 1.54) is 12.3 Å². The fourth-order valence-corrected chi connectivity index (χ4v) is 2.51. The Hall–Kier alpha value is -2.31. The summed E-state index contributed by atoms with van der Waals surface area (Å²) >= 11 is 0. The molecule has 0 atom stereocenters. The van der Waals surface area contributed by atoms with Crippen molar-refractivity contribution >= 4 is 22.5 Å². The number of rotatable bonds is 2. The summed E-state index contributed by atoms with van der Waals surface area (Å²) < 4.78 is 40.4. The van der Waals surface area contributed by atoms with Gasteiger partial charge < -0.3 is 0 Å². The lowest BCUT2D eigenvalue weighted by atomic mass is 10.2. The summed E-state index contributed by atoms with van der Waals surface area (Å²) in [6.45, 7) is 0.0645. The molecular weight excluding hydrogens is 283 g/mol. The summed E-state index contributed by atoms with van der Waals surface area (Å²) in [5, 5.41) is 1.26. The van der Waals surface area contributed by atoms with Crippen LogP contribution in [0.25, 0.3) is 10.9 Å². The highest BCUT2D eigenvalue weighted by atomic mass is 19.4. The van der Waals surface area contributed by atoms with Crippen molar-refractivity contribution in [2.75, 3.05) is 11.6 Å². The van der Waals surface area contributed by atoms with Crippen LogP contribution in [0, 0.1) is 0 Å². The molecule has 0 radical (unpaired) electrons. The molecule has 0 aliphatic carbocycles. The van der Waals surface area contributed by atoms with Crippen LogP contribution < -0.4 is 5.01 Å². The zero-order valence-electron chi connectivity index (χ0n) is 11.0. The quantitative estimate of drug-likeness (QED) is 0.799. The summed E-state index contributed by atoms with van der Waals surface area (Å²) in [5.41, 5.74) is 0.374. The number of alkyl halides is 3. The molecular formula is C14H12F3N3O. The molecule has 0 unspecified atom stereocenters. The van der Waals surface area contributed by atoms with E-state index in [0.717, 1.165) is 5.01 Å². The van der Waals surface area contributed by atoms with Gasteiger partial charge in [0.2, 0.25) is 5.91 Å². The molecule has 0 spiro atoms. The molecule has 2 heterocycles. The van der Waals surface area contributed by atoms with Crippen LogP contribution in [0.5, 0.6) is 0 Å². The van der Waals surface area contributed by atoms with Crippen LogP contribution in [0.1, 0.15) is 12.8 Å². The maximum Gasteiger partial charge on any atom is 0.503 e. The molecule has 0 bridgehead atoms. The minimum absolute atomic E-state index is 0.0645. The van der Waals surface area contributed by atoms with E-state index < -0.39 is 12.2 Å². The Labute approximate surface area is 118 Å². The van der Waals surface area contributed by atoms with Gasteiger partial charge in [0.05, 0.1) is 11.2 Å². The summed E-state index contributed by atoms with van der Waals surface area (Å²) in [6, 6.07) is 7.84. The number of aromatic nitrogens is 1. The smallest absolute Gasteiger partial charge is 0.273 e. The van der Waals surface area contributed by atoms with E-state index >= 15 is 0 Å². The summed E-state index contributed by atoms with van der Waals surface area (Å²) in [4.78, 5) is 15.8. The zero-order chi connectivity index (χ0) is 15.0. The molecule has 1 aliphatic rings. The molecule has 2 aromatic rings. The maximum atomic E-state index is 13.5. The molecule has 1 aliphatic heterocycles. The number of fused-ring (bicyclic) bond motifs is 1. The Morgan fingerprint density at radius 2 is 1.95 bits per heavy atom. The molecule has 21 heavy (non-hydrogen) atoms. The third kappa shape index (κ3) is 2.39. The number of carbonyl (C=O) groups excluding carboxylic acids is 1. The molecule has 7 heteroatoms. The number of hydrogen-bond donors (Lipinski definition) is 0. The lowest BCUT2D eigenvalue weighted by Gasteiger charge is -2.35. The number of carbonyl (C=O) groups is 1. The van der Waals surface area contributed by atoms with Crippen molar-refractivity contribution in [3.63, 3.8) is 0 Å². The van der Waals surface area contributed by atoms with Gasteiger partial charge in [-0.05, 0) is 18.6 Å². The van der Waals surface area contributed by atoms with Crippen molar-refractivity contribution in [1.82, 2.24) is 9.99 Å². The Bertz CT molecular complexity index is 681. The Morgan fingerprint density at radius 1 is 1.19 bits per heavy atom. The average Bonchev–Trinajstić information content (AvgIpc) is 2.84. The molecule has 0 N–H and O–H groups in total. The van der Waals surface area contributed by atoms with Crippen LogP contribution in [-0.2, 0) is 4.79 Å². The Balaban J connectivity index is 2.17. The van der Waals surface area contributed by atoms with Gasteiger partial charge in [-0.2, -0.15) is 5.01 Å². The fourth-order valence-electron chi connectivity index (χ4n) is 2.51. The van der Waals surface area contributed by atoms with Crippen LogP contribution in [-0.4, -0.2) is 28.7 Å². The zero-order valence-corrected chi connectivity index (χ0v) is 11.0. The monoisotopic (exact) mass is 295 g/mol. The van der Waals surface area contributed by atoms with E-state index in [-0.39, 0.29) is 23.7 Å². The van der Waals surface area contributed by atoms with Gasteiger partial charge in [-0.25, -0.2) is 5.01 Å². The minimum Gasteiger partial charge on any atom is -0.273 e. The van der Waals surface area contributed by atoms with Crippen molar-refractivity contribution in [2.24, 2.45) is 0 Å². The summed E-state index contributed by atoms with van der Waals surface area (Å²) in [6.07, 6.45) is -2.80. The van der Waals surface area contributed by atoms with Crippen molar-refractivity contribution < 1.29 is 18.0 Å². The van der Waals surface area contributed by atoms with Gasteiger partial charge in [0.15, 0.2) is 0 Å². The van der Waals surface area contributed by atoms with E-state index in [1.54, 1.807) is 24.3 Å². The van der Waals surface area contributed by atoms with Crippen LogP contribution in [0.2, 0.25) is 0 Å². The van der Waals surface area contributed by atoms with Crippen LogP contribution in [0.15, 0.2) is 36.5 Å². The first-order valence-corrected chi connectivity index (χ1v) is 6.49. The number of hydrogen-bond acceptors (Lipinski definition) is 3. The van der Waals surface area contributed by atoms with Gasteiger partial charge in [-0.3, -0.25) is 9.78 Å². The number of anilines is 1. The minimum atomic E-state index is -4.68. The Kier molecular flexibility index (Phi) is 3.19. The second-order valence-electron chi connectivity index (χ2n) is 4.75. The molecule has 110 valence electrons. The van der Waals surface area contributed by atoms with Crippen molar-refractivity contribution in [3.05, 3.63) is 36.5 Å². The molecule has 1 amide bonds. The molecule has 1 aromatic heterocycles. The highest BCUT2D eigenvalue weighted by Gasteiger charge is 2.45. The maximum absolute atomic E-state index is 13.5. The number of para-hydroxylation sites is 1. The first-order valence-electron chi connectivity index (χ1n) is 6.49. The van der Waals surface area contributed by atoms with Gasteiger partial charge in [0.1, 0.15) is 0 Å². The van der Waals surface area contributed by atoms with Crippen LogP contribution >= 0.6 is 0 Å². The second kappa shape index (κ2) is 4.91. The third-order valence-electron chi connectivity index (χ3n) is 3.38. The SMILES string of the molecule is O=C1CCCN1N(c1ccnc2ccccc12)C(F)(F)F. The lowest BCUT2D eigenvalue weighted by Crippen LogP contribution is -2.52. The molecule has 0 saturated carbocycles. The number of halogens is 3. The van der Waals surface area contributed by atoms with E-state index in [2.05, 4.69) is 4.98 Å². The van der Waals surface area contributed by atoms with Crippen LogP contribution in [0.3, 0.4) is 0 Å². The molecule has 3 rings (SSSR count). The highest BCUT2D eigenvalue weighted by Crippen LogP contribution is 2.36. The number of amides is 1. The van der Waals surface area contributed by atoms with E-state index in [4.69, 9.17) is 0 Å². The first kappa shape index (κ1) is 13.7. The number of benzene rings is 1. The predicted molar refractivity (Wildman–Crippen MR) is 71.2 cm³/mol. The average molecular weight is 295 g/mol. The normalized spacial score (nSPS) is 15.8. The standard InChI is InChI=1S/C14H12F3N3O/c15-14(16,17)20(19-9-3-6-13(19)21)12-7-8-18-11-5-2-1-4-10(11)12/h1-2,4-5,7-8H,3,6,9H2. The van der Waals surface area contributed by atoms with E-state index in [0.29, 0.717) is 17.3 Å². The third-order valence-corrected chi connectivity index (χ3v) is 3.38. The molecule has 1 fully saturated rings. The largest absolute Gasteiger partial charge is 0.503 e. The van der Waals surface area contributed by atoms with Crippen LogP contribution in [0.4, 0.5) is 18.9 Å². The van der Waals surface area contributed by atoms with E-state index in [1.807, 2.05) is 0 Å². The van der Waals surface area contributed by atoms with Crippen molar-refractivity contribution in [2.45, 2.75) is 19.1 Å². The second-order valence-corrected chi connectivity index (χ2v) is 4.75. The summed E-state index contributed by atoms with van der Waals surface area (Å²) in [7, 11) is 0. The van der Waals surface area contributed by atoms with Gasteiger partial charge >= 0.3 is 6.30 Å². The first-order chi connectivity index (χ1) is 9.98. The molecule has 1 aromatic carbocycles. The van der Waals surface area contributed by atoms with Gasteiger partial charge in [0.25, 0.3) is 0 Å². The highest BCUT2D eigenvalue weighted by molar-refractivity contribution is 5.92.